The lowest BCUT2D eigenvalue weighted by Crippen LogP contribution is -2.30. The lowest BCUT2D eigenvalue weighted by atomic mass is 10.0. The lowest BCUT2D eigenvalue weighted by Gasteiger charge is -2.19. The van der Waals surface area contributed by atoms with E-state index in [9.17, 15) is 9.59 Å². The van der Waals surface area contributed by atoms with Crippen LogP contribution in [0.15, 0.2) is 42.0 Å². The molecule has 0 aliphatic rings. The summed E-state index contributed by atoms with van der Waals surface area (Å²) in [7, 11) is 1.78. The maximum Gasteiger partial charge on any atom is 0.275 e. The molecule has 0 saturated heterocycles. The summed E-state index contributed by atoms with van der Waals surface area (Å²) in [5.41, 5.74) is 2.50. The molecular formula is C21H25N5O2S. The van der Waals surface area contributed by atoms with Crippen LogP contribution in [0.4, 0.5) is 5.69 Å². The quantitative estimate of drug-likeness (QED) is 0.616. The number of rotatable bonds is 7. The van der Waals surface area contributed by atoms with Crippen LogP contribution in [-0.2, 0) is 7.05 Å². The van der Waals surface area contributed by atoms with Gasteiger partial charge in [0, 0.05) is 24.2 Å². The molecule has 0 aliphatic heterocycles. The summed E-state index contributed by atoms with van der Waals surface area (Å²) in [5.74, 6) is -0.0759. The van der Waals surface area contributed by atoms with Crippen LogP contribution in [0.5, 0.6) is 0 Å². The van der Waals surface area contributed by atoms with E-state index in [1.165, 1.54) is 11.3 Å². The molecule has 2 aromatic heterocycles. The first-order valence-corrected chi connectivity index (χ1v) is 10.3. The Kier molecular flexibility index (Phi) is 6.43. The topological polar surface area (TPSA) is 88.9 Å². The molecule has 0 bridgehead atoms. The molecule has 1 atom stereocenters. The highest BCUT2D eigenvalue weighted by molar-refractivity contribution is 7.10. The Morgan fingerprint density at radius 3 is 2.62 bits per heavy atom. The van der Waals surface area contributed by atoms with E-state index in [4.69, 9.17) is 0 Å². The van der Waals surface area contributed by atoms with Gasteiger partial charge in [-0.25, -0.2) is 4.98 Å². The zero-order valence-corrected chi connectivity index (χ0v) is 17.8. The van der Waals surface area contributed by atoms with Crippen LogP contribution in [0.1, 0.15) is 57.7 Å². The lowest BCUT2D eigenvalue weighted by molar-refractivity contribution is 0.0931. The van der Waals surface area contributed by atoms with Gasteiger partial charge in [0.1, 0.15) is 10.7 Å². The van der Waals surface area contributed by atoms with E-state index in [1.807, 2.05) is 31.2 Å². The molecule has 2 N–H and O–H groups in total. The number of nitrogens with one attached hydrogen (secondary N) is 2. The molecule has 3 aromatic rings. The zero-order chi connectivity index (χ0) is 21.0. The third-order valence-electron chi connectivity index (χ3n) is 4.42. The molecule has 152 valence electrons. The van der Waals surface area contributed by atoms with Gasteiger partial charge in [-0.3, -0.25) is 14.3 Å². The Bertz CT molecular complexity index is 1010. The number of hydrogen-bond donors (Lipinski definition) is 2. The molecule has 0 spiro atoms. The minimum Gasteiger partial charge on any atom is -0.343 e. The fourth-order valence-corrected chi connectivity index (χ4v) is 3.85. The summed E-state index contributed by atoms with van der Waals surface area (Å²) < 4.78 is 1.61. The van der Waals surface area contributed by atoms with E-state index in [-0.39, 0.29) is 17.9 Å². The van der Waals surface area contributed by atoms with Gasteiger partial charge in [-0.05, 0) is 30.9 Å². The van der Waals surface area contributed by atoms with Crippen molar-refractivity contribution in [3.05, 3.63) is 63.9 Å². The van der Waals surface area contributed by atoms with E-state index < -0.39 is 0 Å². The normalized spacial score (nSPS) is 12.0. The van der Waals surface area contributed by atoms with E-state index in [1.54, 1.807) is 29.5 Å². The summed E-state index contributed by atoms with van der Waals surface area (Å²) >= 11 is 1.38. The molecule has 0 saturated carbocycles. The molecule has 29 heavy (non-hydrogen) atoms. The van der Waals surface area contributed by atoms with Crippen molar-refractivity contribution in [3.63, 3.8) is 0 Å². The van der Waals surface area contributed by atoms with E-state index >= 15 is 0 Å². The highest BCUT2D eigenvalue weighted by Gasteiger charge is 2.22. The largest absolute Gasteiger partial charge is 0.343 e. The highest BCUT2D eigenvalue weighted by Crippen LogP contribution is 2.26. The summed E-state index contributed by atoms with van der Waals surface area (Å²) in [6, 6.07) is 7.23. The first kappa shape index (κ1) is 20.7. The first-order valence-electron chi connectivity index (χ1n) is 9.45. The van der Waals surface area contributed by atoms with Crippen LogP contribution >= 0.6 is 11.3 Å². The number of carbonyl (C=O) groups is 2. The van der Waals surface area contributed by atoms with Crippen molar-refractivity contribution in [2.24, 2.45) is 13.0 Å². The molecule has 2 amide bonds. The molecule has 7 nitrogen and oxygen atoms in total. The smallest absolute Gasteiger partial charge is 0.275 e. The van der Waals surface area contributed by atoms with Gasteiger partial charge in [0.15, 0.2) is 0 Å². The molecule has 8 heteroatoms. The zero-order valence-electron chi connectivity index (χ0n) is 17.0. The van der Waals surface area contributed by atoms with Crippen molar-refractivity contribution in [1.82, 2.24) is 20.1 Å². The third kappa shape index (κ3) is 5.29. The number of carbonyl (C=O) groups excluding carboxylic acids is 2. The molecule has 2 heterocycles. The Hall–Kier alpha value is -3.00. The van der Waals surface area contributed by atoms with Gasteiger partial charge in [0.25, 0.3) is 11.8 Å². The Labute approximate surface area is 174 Å². The van der Waals surface area contributed by atoms with Gasteiger partial charge in [-0.1, -0.05) is 32.0 Å². The predicted octanol–water partition coefficient (Wildman–Crippen LogP) is 3.95. The Morgan fingerprint density at radius 2 is 1.97 bits per heavy atom. The number of thiazole rings is 1. The molecule has 0 aliphatic carbocycles. The van der Waals surface area contributed by atoms with Crippen molar-refractivity contribution in [2.45, 2.75) is 33.2 Å². The second-order valence-corrected chi connectivity index (χ2v) is 8.29. The molecule has 0 radical (unpaired) electrons. The third-order valence-corrected chi connectivity index (χ3v) is 5.38. The Balaban J connectivity index is 1.76. The first-order chi connectivity index (χ1) is 13.8. The van der Waals surface area contributed by atoms with E-state index in [0.29, 0.717) is 22.9 Å². The van der Waals surface area contributed by atoms with Crippen LogP contribution < -0.4 is 10.6 Å². The maximum atomic E-state index is 12.8. The van der Waals surface area contributed by atoms with Crippen LogP contribution in [0.2, 0.25) is 0 Å². The second-order valence-electron chi connectivity index (χ2n) is 7.40. The van der Waals surface area contributed by atoms with Crippen molar-refractivity contribution < 1.29 is 9.59 Å². The maximum absolute atomic E-state index is 12.8. The SMILES string of the molecule is Cc1ccccc1C(=O)N[C@H](CC(C)C)c1nc(C(=O)Nc2cnn(C)c2)cs1. The minimum absolute atomic E-state index is 0.134. The van der Waals surface area contributed by atoms with E-state index in [2.05, 4.69) is 34.6 Å². The van der Waals surface area contributed by atoms with Gasteiger partial charge >= 0.3 is 0 Å². The highest BCUT2D eigenvalue weighted by atomic mass is 32.1. The van der Waals surface area contributed by atoms with Gasteiger partial charge in [-0.15, -0.1) is 11.3 Å². The fraction of sp³-hybridized carbons (Fsp3) is 0.333. The number of hydrogen-bond acceptors (Lipinski definition) is 5. The number of nitrogens with zero attached hydrogens (tertiary/aromatic N) is 3. The Morgan fingerprint density at radius 1 is 1.21 bits per heavy atom. The molecule has 3 rings (SSSR count). The van der Waals surface area contributed by atoms with Gasteiger partial charge in [0.05, 0.1) is 17.9 Å². The van der Waals surface area contributed by atoms with Crippen molar-refractivity contribution in [3.8, 4) is 0 Å². The van der Waals surface area contributed by atoms with Crippen molar-refractivity contribution in [1.29, 1.82) is 0 Å². The van der Waals surface area contributed by atoms with Crippen molar-refractivity contribution >= 4 is 28.8 Å². The van der Waals surface area contributed by atoms with Crippen LogP contribution in [0.3, 0.4) is 0 Å². The monoisotopic (exact) mass is 411 g/mol. The van der Waals surface area contributed by atoms with Gasteiger partial charge in [0.2, 0.25) is 0 Å². The second kappa shape index (κ2) is 9.00. The summed E-state index contributed by atoms with van der Waals surface area (Å²) in [6.45, 7) is 6.10. The minimum atomic E-state index is -0.297. The van der Waals surface area contributed by atoms with E-state index in [0.717, 1.165) is 17.0 Å². The standard InChI is InChI=1S/C21H25N5O2S/c1-13(2)9-17(24-19(27)16-8-6-5-7-14(16)3)21-25-18(12-29-21)20(28)23-15-10-22-26(4)11-15/h5-8,10-13,17H,9H2,1-4H3,(H,23,28)(H,24,27)/t17-/m1/s1. The average Bonchev–Trinajstić information content (AvgIpc) is 3.30. The van der Waals surface area contributed by atoms with Crippen molar-refractivity contribution in [2.75, 3.05) is 5.32 Å². The fourth-order valence-electron chi connectivity index (χ4n) is 2.99. The molecule has 0 unspecified atom stereocenters. The van der Waals surface area contributed by atoms with Crippen LogP contribution in [-0.4, -0.2) is 26.6 Å². The number of benzene rings is 1. The summed E-state index contributed by atoms with van der Waals surface area (Å²) in [5, 5.41) is 12.3. The van der Waals surface area contributed by atoms with Crippen LogP contribution in [0, 0.1) is 12.8 Å². The molecular weight excluding hydrogens is 386 g/mol. The number of aryl methyl sites for hydroxylation is 2. The van der Waals surface area contributed by atoms with Gasteiger partial charge < -0.3 is 10.6 Å². The number of anilines is 1. The number of aromatic nitrogens is 3. The van der Waals surface area contributed by atoms with Crippen LogP contribution in [0.25, 0.3) is 0 Å². The van der Waals surface area contributed by atoms with Gasteiger partial charge in [-0.2, -0.15) is 5.10 Å². The molecule has 0 fully saturated rings. The predicted molar refractivity (Wildman–Crippen MR) is 114 cm³/mol. The average molecular weight is 412 g/mol. The number of amides is 2. The summed E-state index contributed by atoms with van der Waals surface area (Å²) in [4.78, 5) is 29.8. The molecule has 1 aromatic carbocycles. The summed E-state index contributed by atoms with van der Waals surface area (Å²) in [6.07, 6.45) is 4.03.